The zero-order chi connectivity index (χ0) is 16.7. The molecule has 0 aromatic carbocycles. The van der Waals surface area contributed by atoms with Gasteiger partial charge < -0.3 is 20.0 Å². The summed E-state index contributed by atoms with van der Waals surface area (Å²) in [6.45, 7) is 4.68. The molecule has 2 unspecified atom stereocenters. The highest BCUT2D eigenvalue weighted by molar-refractivity contribution is 5.77. The molecule has 4 rings (SSSR count). The van der Waals surface area contributed by atoms with Gasteiger partial charge >= 0.3 is 6.03 Å². The Kier molecular flexibility index (Phi) is 4.68. The van der Waals surface area contributed by atoms with Gasteiger partial charge in [-0.25, -0.2) is 4.79 Å². The number of aliphatic hydroxyl groups is 2. The van der Waals surface area contributed by atoms with Gasteiger partial charge in [0.1, 0.15) is 24.5 Å². The first-order valence-electron chi connectivity index (χ1n) is 9.58. The lowest BCUT2D eigenvalue weighted by atomic mass is 9.99. The maximum atomic E-state index is 13.0. The Labute approximate surface area is 143 Å². The highest BCUT2D eigenvalue weighted by atomic mass is 16.3. The van der Waals surface area contributed by atoms with E-state index in [0.717, 1.165) is 51.9 Å². The van der Waals surface area contributed by atoms with Gasteiger partial charge in [0.15, 0.2) is 0 Å². The normalized spacial score (nSPS) is 38.6. The second-order valence-corrected chi connectivity index (χ2v) is 7.74. The van der Waals surface area contributed by atoms with Gasteiger partial charge in [0.2, 0.25) is 0 Å². The maximum absolute atomic E-state index is 13.0. The second kappa shape index (κ2) is 6.78. The summed E-state index contributed by atoms with van der Waals surface area (Å²) in [6, 6.07) is -0.0169. The van der Waals surface area contributed by atoms with Gasteiger partial charge in [-0.05, 0) is 25.7 Å². The van der Waals surface area contributed by atoms with Gasteiger partial charge in [-0.3, -0.25) is 9.80 Å². The molecule has 4 aliphatic heterocycles. The number of carbonyl (C=O) groups excluding carboxylic acids is 1. The van der Waals surface area contributed by atoms with Crippen LogP contribution in [0, 0.1) is 0 Å². The van der Waals surface area contributed by atoms with Crippen molar-refractivity contribution < 1.29 is 15.0 Å². The van der Waals surface area contributed by atoms with Gasteiger partial charge in [-0.2, -0.15) is 0 Å². The number of nitrogens with zero attached hydrogens (tertiary/aromatic N) is 4. The van der Waals surface area contributed by atoms with Crippen molar-refractivity contribution in [2.75, 3.05) is 39.3 Å². The molecule has 0 spiro atoms. The molecule has 4 saturated heterocycles. The number of rotatable bonds is 2. The summed E-state index contributed by atoms with van der Waals surface area (Å²) in [5, 5.41) is 20.4. The highest BCUT2D eigenvalue weighted by Crippen LogP contribution is 2.31. The van der Waals surface area contributed by atoms with E-state index in [9.17, 15) is 15.0 Å². The fourth-order valence-electron chi connectivity index (χ4n) is 4.74. The average molecular weight is 338 g/mol. The Balaban J connectivity index is 1.41. The minimum atomic E-state index is -0.438. The summed E-state index contributed by atoms with van der Waals surface area (Å²) >= 11 is 0. The molecule has 7 nitrogen and oxygen atoms in total. The first-order chi connectivity index (χ1) is 11.7. The third kappa shape index (κ3) is 2.81. The van der Waals surface area contributed by atoms with Crippen molar-refractivity contribution in [3.05, 3.63) is 0 Å². The molecule has 2 amide bonds. The van der Waals surface area contributed by atoms with E-state index >= 15 is 0 Å². The number of amides is 2. The lowest BCUT2D eigenvalue weighted by molar-refractivity contribution is -0.154. The number of aliphatic hydroxyl groups excluding tert-OH is 2. The van der Waals surface area contributed by atoms with Gasteiger partial charge in [0, 0.05) is 26.2 Å². The van der Waals surface area contributed by atoms with E-state index in [-0.39, 0.29) is 18.4 Å². The standard InChI is InChI=1S/C17H30N4O3/c22-13-11-20(15(13)18-7-3-1-4-8-18)17(24)21-12-14(23)16(21)19-9-5-2-6-10-19/h13-16,22-23H,1-12H2/t13?,14?,15-,16-/m0/s1. The first-order valence-corrected chi connectivity index (χ1v) is 9.58. The topological polar surface area (TPSA) is 70.5 Å². The van der Waals surface area contributed by atoms with Crippen LogP contribution in [-0.4, -0.2) is 99.7 Å². The highest BCUT2D eigenvalue weighted by Gasteiger charge is 2.52. The minimum Gasteiger partial charge on any atom is -0.388 e. The first kappa shape index (κ1) is 16.6. The largest absolute Gasteiger partial charge is 0.388 e. The second-order valence-electron chi connectivity index (χ2n) is 7.74. The number of β-amino-alcohol motifs (C(OH)–C–C–N with tert-alkyl or cyclic N) is 2. The number of hydrogen-bond donors (Lipinski definition) is 2. The minimum absolute atomic E-state index is 0.0169. The summed E-state index contributed by atoms with van der Waals surface area (Å²) in [5.41, 5.74) is 0. The quantitative estimate of drug-likeness (QED) is 0.746. The van der Waals surface area contributed by atoms with Crippen molar-refractivity contribution in [2.45, 2.75) is 63.1 Å². The van der Waals surface area contributed by atoms with Crippen molar-refractivity contribution in [3.63, 3.8) is 0 Å². The Hall–Kier alpha value is -0.890. The zero-order valence-corrected chi connectivity index (χ0v) is 14.4. The van der Waals surface area contributed by atoms with Crippen LogP contribution >= 0.6 is 0 Å². The number of piperidine rings is 2. The summed E-state index contributed by atoms with van der Waals surface area (Å²) in [6.07, 6.45) is 5.83. The molecule has 4 fully saturated rings. The predicted molar refractivity (Wildman–Crippen MR) is 89.2 cm³/mol. The average Bonchev–Trinajstić information content (AvgIpc) is 2.58. The van der Waals surface area contributed by atoms with Gasteiger partial charge in [0.25, 0.3) is 0 Å². The zero-order valence-electron chi connectivity index (χ0n) is 14.4. The Bertz CT molecular complexity index is 425. The van der Waals surface area contributed by atoms with E-state index in [1.54, 1.807) is 9.80 Å². The summed E-state index contributed by atoms with van der Waals surface area (Å²) in [5.74, 6) is 0. The van der Waals surface area contributed by atoms with E-state index in [1.165, 1.54) is 12.8 Å². The fraction of sp³-hybridized carbons (Fsp3) is 0.941. The number of urea groups is 1. The molecule has 0 bridgehead atoms. The summed E-state index contributed by atoms with van der Waals surface area (Å²) in [4.78, 5) is 21.1. The summed E-state index contributed by atoms with van der Waals surface area (Å²) in [7, 11) is 0. The van der Waals surface area contributed by atoms with Crippen molar-refractivity contribution in [2.24, 2.45) is 0 Å². The molecule has 0 radical (unpaired) electrons. The van der Waals surface area contributed by atoms with E-state index < -0.39 is 12.2 Å². The SMILES string of the molecule is O=C(N1CC(O)[C@H]1N1CCCCC1)N1CC(O)[C@H]1N1CCCCC1. The van der Waals surface area contributed by atoms with Gasteiger partial charge in [-0.1, -0.05) is 12.8 Å². The molecular weight excluding hydrogens is 308 g/mol. The molecule has 0 aromatic rings. The maximum Gasteiger partial charge on any atom is 0.322 e. The van der Waals surface area contributed by atoms with E-state index in [4.69, 9.17) is 0 Å². The van der Waals surface area contributed by atoms with Crippen LogP contribution in [0.1, 0.15) is 38.5 Å². The monoisotopic (exact) mass is 338 g/mol. The molecule has 4 heterocycles. The van der Waals surface area contributed by atoms with Crippen molar-refractivity contribution in [1.29, 1.82) is 0 Å². The van der Waals surface area contributed by atoms with Crippen LogP contribution in [0.4, 0.5) is 4.79 Å². The molecular formula is C17H30N4O3. The van der Waals surface area contributed by atoms with Crippen LogP contribution < -0.4 is 0 Å². The van der Waals surface area contributed by atoms with E-state index in [2.05, 4.69) is 9.80 Å². The van der Waals surface area contributed by atoms with Crippen LogP contribution in [0.5, 0.6) is 0 Å². The van der Waals surface area contributed by atoms with Crippen LogP contribution in [0.2, 0.25) is 0 Å². The molecule has 24 heavy (non-hydrogen) atoms. The smallest absolute Gasteiger partial charge is 0.322 e. The Morgan fingerprint density at radius 2 is 1.04 bits per heavy atom. The number of hydrogen-bond acceptors (Lipinski definition) is 5. The molecule has 0 aliphatic carbocycles. The van der Waals surface area contributed by atoms with Crippen molar-refractivity contribution >= 4 is 6.03 Å². The molecule has 4 aliphatic rings. The lowest BCUT2D eigenvalue weighted by Crippen LogP contribution is -2.77. The molecule has 0 aromatic heterocycles. The molecule has 2 N–H and O–H groups in total. The summed E-state index contributed by atoms with van der Waals surface area (Å²) < 4.78 is 0. The fourth-order valence-corrected chi connectivity index (χ4v) is 4.74. The van der Waals surface area contributed by atoms with Gasteiger partial charge in [0.05, 0.1) is 13.1 Å². The molecule has 7 heteroatoms. The number of carbonyl (C=O) groups is 1. The number of likely N-dealkylation sites (tertiary alicyclic amines) is 4. The molecule has 4 atom stereocenters. The van der Waals surface area contributed by atoms with Crippen LogP contribution in [0.25, 0.3) is 0 Å². The lowest BCUT2D eigenvalue weighted by Gasteiger charge is -2.57. The van der Waals surface area contributed by atoms with Gasteiger partial charge in [-0.15, -0.1) is 0 Å². The van der Waals surface area contributed by atoms with Crippen LogP contribution in [0.3, 0.4) is 0 Å². The molecule has 0 saturated carbocycles. The van der Waals surface area contributed by atoms with Crippen molar-refractivity contribution in [1.82, 2.24) is 19.6 Å². The van der Waals surface area contributed by atoms with Crippen LogP contribution in [0.15, 0.2) is 0 Å². The third-order valence-corrected chi connectivity index (χ3v) is 6.12. The van der Waals surface area contributed by atoms with Crippen molar-refractivity contribution in [3.8, 4) is 0 Å². The third-order valence-electron chi connectivity index (χ3n) is 6.12. The Morgan fingerprint density at radius 1 is 0.667 bits per heavy atom. The predicted octanol–water partition coefficient (Wildman–Crippen LogP) is 0.0834. The van der Waals surface area contributed by atoms with E-state index in [1.807, 2.05) is 0 Å². The molecule has 136 valence electrons. The van der Waals surface area contributed by atoms with Crippen LogP contribution in [-0.2, 0) is 0 Å². The van der Waals surface area contributed by atoms with E-state index in [0.29, 0.717) is 13.1 Å². The Morgan fingerprint density at radius 3 is 1.38 bits per heavy atom.